The number of ether oxygens (including phenoxy) is 1. The Morgan fingerprint density at radius 3 is 2.54 bits per heavy atom. The van der Waals surface area contributed by atoms with E-state index in [1.807, 2.05) is 31.3 Å². The first-order valence-electron chi connectivity index (χ1n) is 12.9. The molecule has 1 aliphatic heterocycles. The predicted molar refractivity (Wildman–Crippen MR) is 150 cm³/mol. The number of benzene rings is 2. The van der Waals surface area contributed by atoms with Crippen molar-refractivity contribution >= 4 is 34.0 Å². The van der Waals surface area contributed by atoms with Gasteiger partial charge in [0.1, 0.15) is 5.82 Å². The van der Waals surface area contributed by atoms with E-state index in [0.29, 0.717) is 30.5 Å². The molecule has 0 bridgehead atoms. The Balaban J connectivity index is 1.32. The molecular weight excluding hydrogens is 462 g/mol. The number of nitrogens with zero attached hydrogens (tertiary/aromatic N) is 4. The second-order valence-electron chi connectivity index (χ2n) is 9.87. The predicted octanol–water partition coefficient (Wildman–Crippen LogP) is 5.42. The summed E-state index contributed by atoms with van der Waals surface area (Å²) in [6.45, 7) is 3.48. The monoisotopic (exact) mass is 497 g/mol. The molecule has 0 aliphatic carbocycles. The van der Waals surface area contributed by atoms with E-state index in [1.165, 1.54) is 16.5 Å². The van der Waals surface area contributed by atoms with Crippen LogP contribution in [0.15, 0.2) is 73.1 Å². The molecule has 2 aromatic carbocycles. The number of likely N-dealkylation sites (tertiary alicyclic amines) is 1. The number of hydrogen-bond acceptors (Lipinski definition) is 5. The number of fused-ring (bicyclic) bond motifs is 1. The number of carbonyl (C=O) groups excluding carboxylic acids is 1. The number of anilines is 3. The maximum atomic E-state index is 13.0. The van der Waals surface area contributed by atoms with Gasteiger partial charge in [-0.1, -0.05) is 12.1 Å². The average molecular weight is 498 g/mol. The van der Waals surface area contributed by atoms with Gasteiger partial charge in [0.05, 0.1) is 6.61 Å². The lowest BCUT2D eigenvalue weighted by molar-refractivity contribution is 0.102. The SMILES string of the molecule is COCCN(c1ccnc(NC(=O)c2ccc(C3CCN(C)CC3)cc2)c1)c1ccc2c(ccn2C)c1. The van der Waals surface area contributed by atoms with E-state index in [2.05, 4.69) is 74.3 Å². The quantitative estimate of drug-likeness (QED) is 0.352. The first-order chi connectivity index (χ1) is 18.0. The van der Waals surface area contributed by atoms with Crippen LogP contribution in [0.2, 0.25) is 0 Å². The highest BCUT2D eigenvalue weighted by molar-refractivity contribution is 6.04. The molecule has 7 nitrogen and oxygen atoms in total. The summed E-state index contributed by atoms with van der Waals surface area (Å²) in [6.07, 6.45) is 6.12. The van der Waals surface area contributed by atoms with Gasteiger partial charge >= 0.3 is 0 Å². The fourth-order valence-electron chi connectivity index (χ4n) is 5.12. The molecule has 1 N–H and O–H groups in total. The standard InChI is InChI=1S/C30H35N5O2/c1-33-15-11-23(12-16-33)22-4-6-24(7-5-22)30(36)32-29-21-27(10-14-31-29)35(18-19-37-3)26-8-9-28-25(20-26)13-17-34(28)2/h4-10,13-14,17,20-21,23H,11-12,15-16,18-19H2,1-3H3,(H,31,32,36). The zero-order valence-electron chi connectivity index (χ0n) is 21.9. The number of aryl methyl sites for hydroxylation is 1. The topological polar surface area (TPSA) is 62.6 Å². The van der Waals surface area contributed by atoms with Crippen molar-refractivity contribution in [3.05, 3.63) is 84.2 Å². The first-order valence-corrected chi connectivity index (χ1v) is 12.9. The van der Waals surface area contributed by atoms with Crippen molar-refractivity contribution in [3.8, 4) is 0 Å². The van der Waals surface area contributed by atoms with Gasteiger partial charge in [0, 0.05) is 67.0 Å². The van der Waals surface area contributed by atoms with Gasteiger partial charge in [0.25, 0.3) is 5.91 Å². The highest BCUT2D eigenvalue weighted by atomic mass is 16.5. The highest BCUT2D eigenvalue weighted by Gasteiger charge is 2.19. The van der Waals surface area contributed by atoms with Crippen LogP contribution in [0.3, 0.4) is 0 Å². The van der Waals surface area contributed by atoms with Gasteiger partial charge in [-0.05, 0) is 86.9 Å². The number of piperidine rings is 1. The van der Waals surface area contributed by atoms with Gasteiger partial charge in [-0.3, -0.25) is 4.79 Å². The Morgan fingerprint density at radius 2 is 1.78 bits per heavy atom. The van der Waals surface area contributed by atoms with Gasteiger partial charge < -0.3 is 24.4 Å². The number of rotatable bonds is 8. The molecular formula is C30H35N5O2. The molecule has 4 aromatic rings. The summed E-state index contributed by atoms with van der Waals surface area (Å²) in [7, 11) is 5.92. The Morgan fingerprint density at radius 1 is 1.03 bits per heavy atom. The maximum absolute atomic E-state index is 13.0. The lowest BCUT2D eigenvalue weighted by Gasteiger charge is -2.29. The van der Waals surface area contributed by atoms with Crippen molar-refractivity contribution in [1.29, 1.82) is 0 Å². The van der Waals surface area contributed by atoms with Crippen LogP contribution in [-0.2, 0) is 11.8 Å². The largest absolute Gasteiger partial charge is 0.383 e. The normalized spacial score (nSPS) is 14.7. The Kier molecular flexibility index (Phi) is 7.53. The molecule has 2 aromatic heterocycles. The Bertz CT molecular complexity index is 1360. The number of nitrogens with one attached hydrogen (secondary N) is 1. The molecule has 7 heteroatoms. The number of carbonyl (C=O) groups is 1. The van der Waals surface area contributed by atoms with Crippen LogP contribution in [0, 0.1) is 0 Å². The molecule has 3 heterocycles. The molecule has 0 radical (unpaired) electrons. The number of hydrogen-bond donors (Lipinski definition) is 1. The Labute approximate surface area is 218 Å². The smallest absolute Gasteiger partial charge is 0.256 e. The van der Waals surface area contributed by atoms with Crippen LogP contribution >= 0.6 is 0 Å². The van der Waals surface area contributed by atoms with E-state index in [-0.39, 0.29) is 5.91 Å². The molecule has 1 amide bonds. The fourth-order valence-corrected chi connectivity index (χ4v) is 5.12. The molecule has 0 spiro atoms. The number of methoxy groups -OCH3 is 1. The second-order valence-corrected chi connectivity index (χ2v) is 9.87. The van der Waals surface area contributed by atoms with Gasteiger partial charge in [0.15, 0.2) is 0 Å². The van der Waals surface area contributed by atoms with Gasteiger partial charge in [-0.25, -0.2) is 4.98 Å². The molecule has 192 valence electrons. The lowest BCUT2D eigenvalue weighted by atomic mass is 9.89. The summed E-state index contributed by atoms with van der Waals surface area (Å²) in [4.78, 5) is 22.0. The molecule has 1 aliphatic rings. The number of aromatic nitrogens is 2. The highest BCUT2D eigenvalue weighted by Crippen LogP contribution is 2.30. The number of amides is 1. The summed E-state index contributed by atoms with van der Waals surface area (Å²) < 4.78 is 7.49. The van der Waals surface area contributed by atoms with Crippen LogP contribution in [0.5, 0.6) is 0 Å². The average Bonchev–Trinajstić information content (AvgIpc) is 3.29. The second kappa shape index (κ2) is 11.2. The minimum atomic E-state index is -0.159. The minimum Gasteiger partial charge on any atom is -0.383 e. The van der Waals surface area contributed by atoms with Crippen LogP contribution in [-0.4, -0.2) is 60.8 Å². The van der Waals surface area contributed by atoms with Crippen molar-refractivity contribution in [2.45, 2.75) is 18.8 Å². The molecule has 5 rings (SSSR count). The van der Waals surface area contributed by atoms with Crippen LogP contribution in [0.1, 0.15) is 34.7 Å². The van der Waals surface area contributed by atoms with Gasteiger partial charge in [-0.15, -0.1) is 0 Å². The number of pyridine rings is 1. The van der Waals surface area contributed by atoms with E-state index in [0.717, 1.165) is 37.3 Å². The van der Waals surface area contributed by atoms with Crippen molar-refractivity contribution in [3.63, 3.8) is 0 Å². The third kappa shape index (κ3) is 5.68. The molecule has 0 unspecified atom stereocenters. The van der Waals surface area contributed by atoms with E-state index in [4.69, 9.17) is 4.74 Å². The summed E-state index contributed by atoms with van der Waals surface area (Å²) in [5, 5.41) is 4.16. The van der Waals surface area contributed by atoms with E-state index < -0.39 is 0 Å². The molecule has 37 heavy (non-hydrogen) atoms. The van der Waals surface area contributed by atoms with Crippen molar-refractivity contribution in [2.75, 3.05) is 50.6 Å². The molecule has 1 fully saturated rings. The fraction of sp³-hybridized carbons (Fsp3) is 0.333. The summed E-state index contributed by atoms with van der Waals surface area (Å²) in [6, 6.07) is 20.4. The zero-order chi connectivity index (χ0) is 25.8. The van der Waals surface area contributed by atoms with Gasteiger partial charge in [-0.2, -0.15) is 0 Å². The summed E-state index contributed by atoms with van der Waals surface area (Å²) in [5.41, 5.74) is 5.13. The zero-order valence-corrected chi connectivity index (χ0v) is 21.9. The first kappa shape index (κ1) is 25.0. The maximum Gasteiger partial charge on any atom is 0.256 e. The van der Waals surface area contributed by atoms with Gasteiger partial charge in [0.2, 0.25) is 0 Å². The minimum absolute atomic E-state index is 0.159. The summed E-state index contributed by atoms with van der Waals surface area (Å²) >= 11 is 0. The van der Waals surface area contributed by atoms with Crippen LogP contribution in [0.4, 0.5) is 17.2 Å². The van der Waals surface area contributed by atoms with Crippen molar-refractivity contribution < 1.29 is 9.53 Å². The lowest BCUT2D eigenvalue weighted by Crippen LogP contribution is -2.29. The van der Waals surface area contributed by atoms with E-state index in [9.17, 15) is 4.79 Å². The van der Waals surface area contributed by atoms with Crippen molar-refractivity contribution in [1.82, 2.24) is 14.5 Å². The van der Waals surface area contributed by atoms with Crippen LogP contribution < -0.4 is 10.2 Å². The molecule has 0 atom stereocenters. The Hall–Kier alpha value is -3.68. The third-order valence-electron chi connectivity index (χ3n) is 7.36. The van der Waals surface area contributed by atoms with Crippen molar-refractivity contribution in [2.24, 2.45) is 7.05 Å². The van der Waals surface area contributed by atoms with E-state index in [1.54, 1.807) is 13.3 Å². The molecule has 0 saturated carbocycles. The van der Waals surface area contributed by atoms with Crippen LogP contribution in [0.25, 0.3) is 10.9 Å². The third-order valence-corrected chi connectivity index (χ3v) is 7.36. The summed E-state index contributed by atoms with van der Waals surface area (Å²) in [5.74, 6) is 0.929. The van der Waals surface area contributed by atoms with E-state index >= 15 is 0 Å². The molecule has 1 saturated heterocycles.